The summed E-state index contributed by atoms with van der Waals surface area (Å²) >= 11 is 3.96. The lowest BCUT2D eigenvalue weighted by Gasteiger charge is -2.42. The molecule has 0 spiro atoms. The quantitative estimate of drug-likeness (QED) is 0.201. The summed E-state index contributed by atoms with van der Waals surface area (Å²) in [5.41, 5.74) is 0. The Morgan fingerprint density at radius 3 is 2.58 bits per heavy atom. The molecule has 1 fully saturated rings. The number of aliphatic hydroxyl groups excluding tert-OH is 3. The number of carbonyl (C=O) groups is 2. The van der Waals surface area contributed by atoms with Gasteiger partial charge in [-0.25, -0.2) is 0 Å². The first-order valence-corrected chi connectivity index (χ1v) is 8.42. The van der Waals surface area contributed by atoms with Crippen molar-refractivity contribution in [1.82, 2.24) is 10.6 Å². The lowest BCUT2D eigenvalue weighted by molar-refractivity contribution is -0.270. The zero-order valence-electron chi connectivity index (χ0n) is 13.6. The third-order valence-corrected chi connectivity index (χ3v) is 3.74. The highest BCUT2D eigenvalue weighted by molar-refractivity contribution is 7.80. The Balaban J connectivity index is 2.48. The summed E-state index contributed by atoms with van der Waals surface area (Å²) in [5, 5.41) is 34.3. The van der Waals surface area contributed by atoms with E-state index in [9.17, 15) is 24.9 Å². The van der Waals surface area contributed by atoms with Crippen molar-refractivity contribution in [2.45, 2.75) is 50.4 Å². The standard InChI is InChI=1S/C14H26N2O7S/c1-8(18)16-11-13(21)12(20)9(7-17)23-14(11)22-5-2-4-15-10(19)3-6-24/h9,11-14,17,20-21,24H,2-7H2,1H3,(H,15,19)(H,16,18)/t9-,11-,12-,13-,14-/m1/s1. The minimum atomic E-state index is -1.34. The number of amides is 2. The molecule has 0 aliphatic carbocycles. The third kappa shape index (κ3) is 6.54. The van der Waals surface area contributed by atoms with E-state index in [1.54, 1.807) is 0 Å². The Labute approximate surface area is 146 Å². The first-order valence-electron chi connectivity index (χ1n) is 7.79. The van der Waals surface area contributed by atoms with Crippen molar-refractivity contribution < 1.29 is 34.4 Å². The van der Waals surface area contributed by atoms with Gasteiger partial charge in [-0.2, -0.15) is 12.6 Å². The van der Waals surface area contributed by atoms with E-state index in [0.717, 1.165) is 0 Å². The van der Waals surface area contributed by atoms with Crippen molar-refractivity contribution in [3.05, 3.63) is 0 Å². The molecule has 5 N–H and O–H groups in total. The number of carbonyl (C=O) groups excluding carboxylic acids is 2. The van der Waals surface area contributed by atoms with Crippen molar-refractivity contribution in [2.75, 3.05) is 25.5 Å². The van der Waals surface area contributed by atoms with Crippen LogP contribution in [0.15, 0.2) is 0 Å². The minimum Gasteiger partial charge on any atom is -0.394 e. The minimum absolute atomic E-state index is 0.103. The Hall–Kier alpha value is -0.910. The van der Waals surface area contributed by atoms with E-state index in [1.165, 1.54) is 6.92 Å². The number of hydrogen-bond donors (Lipinski definition) is 6. The molecular weight excluding hydrogens is 340 g/mol. The molecule has 0 aromatic heterocycles. The summed E-state index contributed by atoms with van der Waals surface area (Å²) < 4.78 is 10.9. The largest absolute Gasteiger partial charge is 0.394 e. The predicted octanol–water partition coefficient (Wildman–Crippen LogP) is -2.23. The Bertz CT molecular complexity index is 413. The second-order valence-corrected chi connectivity index (χ2v) is 5.93. The fraction of sp³-hybridized carbons (Fsp3) is 0.857. The van der Waals surface area contributed by atoms with E-state index in [2.05, 4.69) is 23.3 Å². The van der Waals surface area contributed by atoms with E-state index in [0.29, 0.717) is 25.1 Å². The molecule has 0 bridgehead atoms. The topological polar surface area (TPSA) is 137 Å². The maximum absolute atomic E-state index is 11.3. The lowest BCUT2D eigenvalue weighted by atomic mass is 9.97. The van der Waals surface area contributed by atoms with Gasteiger partial charge in [-0.15, -0.1) is 0 Å². The van der Waals surface area contributed by atoms with Crippen molar-refractivity contribution in [1.29, 1.82) is 0 Å². The van der Waals surface area contributed by atoms with Crippen LogP contribution in [0.25, 0.3) is 0 Å². The number of ether oxygens (including phenoxy) is 2. The van der Waals surface area contributed by atoms with Gasteiger partial charge in [0.15, 0.2) is 6.29 Å². The van der Waals surface area contributed by atoms with Gasteiger partial charge in [0, 0.05) is 19.9 Å². The summed E-state index contributed by atoms with van der Waals surface area (Å²) in [5.74, 6) is -0.0433. The molecule has 1 heterocycles. The molecule has 0 aromatic rings. The Kier molecular flexibility index (Phi) is 9.56. The fourth-order valence-electron chi connectivity index (χ4n) is 2.30. The zero-order valence-corrected chi connectivity index (χ0v) is 14.4. The molecule has 1 saturated heterocycles. The molecule has 1 rings (SSSR count). The monoisotopic (exact) mass is 366 g/mol. The highest BCUT2D eigenvalue weighted by atomic mass is 32.1. The van der Waals surface area contributed by atoms with Crippen LogP contribution in [0.4, 0.5) is 0 Å². The van der Waals surface area contributed by atoms with Crippen molar-refractivity contribution in [3.8, 4) is 0 Å². The fourth-order valence-corrected chi connectivity index (χ4v) is 2.51. The number of thiol groups is 1. The van der Waals surface area contributed by atoms with Crippen LogP contribution in [0.2, 0.25) is 0 Å². The molecule has 24 heavy (non-hydrogen) atoms. The van der Waals surface area contributed by atoms with E-state index in [-0.39, 0.29) is 12.5 Å². The van der Waals surface area contributed by atoms with Gasteiger partial charge in [0.25, 0.3) is 0 Å². The zero-order chi connectivity index (χ0) is 18.1. The third-order valence-electron chi connectivity index (χ3n) is 3.52. The van der Waals surface area contributed by atoms with Crippen LogP contribution in [0.5, 0.6) is 0 Å². The van der Waals surface area contributed by atoms with Crippen molar-refractivity contribution >= 4 is 24.4 Å². The SMILES string of the molecule is CC(=O)N[C@H]1[C@H](OCCCNC(=O)CCS)O[C@H](CO)[C@@H](O)[C@@H]1O. The molecule has 0 radical (unpaired) electrons. The number of aliphatic hydroxyl groups is 3. The molecule has 2 amide bonds. The van der Waals surface area contributed by atoms with Crippen LogP contribution in [-0.2, 0) is 19.1 Å². The number of hydrogen-bond acceptors (Lipinski definition) is 8. The van der Waals surface area contributed by atoms with E-state index in [1.807, 2.05) is 0 Å². The molecule has 5 atom stereocenters. The second kappa shape index (κ2) is 10.9. The maximum Gasteiger partial charge on any atom is 0.220 e. The van der Waals surface area contributed by atoms with Gasteiger partial charge in [-0.1, -0.05) is 0 Å². The molecule has 1 aliphatic heterocycles. The summed E-state index contributed by atoms with van der Waals surface area (Å²) in [6.45, 7) is 1.37. The van der Waals surface area contributed by atoms with Crippen LogP contribution in [0, 0.1) is 0 Å². The van der Waals surface area contributed by atoms with E-state index >= 15 is 0 Å². The summed E-state index contributed by atoms with van der Waals surface area (Å²) in [6, 6.07) is -0.959. The van der Waals surface area contributed by atoms with Gasteiger partial charge in [-0.05, 0) is 12.2 Å². The Morgan fingerprint density at radius 2 is 2.00 bits per heavy atom. The maximum atomic E-state index is 11.3. The molecule has 0 saturated carbocycles. The number of nitrogens with one attached hydrogen (secondary N) is 2. The summed E-state index contributed by atoms with van der Waals surface area (Å²) in [6.07, 6.45) is -3.87. The molecule has 10 heteroatoms. The van der Waals surface area contributed by atoms with Crippen LogP contribution >= 0.6 is 12.6 Å². The second-order valence-electron chi connectivity index (χ2n) is 5.48. The van der Waals surface area contributed by atoms with Crippen molar-refractivity contribution in [3.63, 3.8) is 0 Å². The Morgan fingerprint density at radius 1 is 1.29 bits per heavy atom. The van der Waals surface area contributed by atoms with E-state index < -0.39 is 43.2 Å². The van der Waals surface area contributed by atoms with Gasteiger partial charge in [0.05, 0.1) is 13.2 Å². The van der Waals surface area contributed by atoms with Gasteiger partial charge < -0.3 is 35.4 Å². The van der Waals surface area contributed by atoms with Crippen LogP contribution < -0.4 is 10.6 Å². The van der Waals surface area contributed by atoms with Crippen LogP contribution in [0.1, 0.15) is 19.8 Å². The van der Waals surface area contributed by atoms with Gasteiger partial charge in [-0.3, -0.25) is 9.59 Å². The van der Waals surface area contributed by atoms with Crippen molar-refractivity contribution in [2.24, 2.45) is 0 Å². The predicted molar refractivity (Wildman–Crippen MR) is 87.4 cm³/mol. The molecule has 9 nitrogen and oxygen atoms in total. The average molecular weight is 366 g/mol. The molecule has 1 aliphatic rings. The average Bonchev–Trinajstić information content (AvgIpc) is 2.53. The normalized spacial score (nSPS) is 30.0. The van der Waals surface area contributed by atoms with E-state index in [4.69, 9.17) is 9.47 Å². The molecule has 0 aromatic carbocycles. The molecular formula is C14H26N2O7S. The van der Waals surface area contributed by atoms with Gasteiger partial charge >= 0.3 is 0 Å². The smallest absolute Gasteiger partial charge is 0.220 e. The van der Waals surface area contributed by atoms with Gasteiger partial charge in [0.1, 0.15) is 24.4 Å². The lowest BCUT2D eigenvalue weighted by Crippen LogP contribution is -2.64. The molecule has 0 unspecified atom stereocenters. The summed E-state index contributed by atoms with van der Waals surface area (Å²) in [7, 11) is 0. The van der Waals surface area contributed by atoms with Crippen LogP contribution in [0.3, 0.4) is 0 Å². The highest BCUT2D eigenvalue weighted by Crippen LogP contribution is 2.22. The highest BCUT2D eigenvalue weighted by Gasteiger charge is 2.45. The molecule has 140 valence electrons. The number of rotatable bonds is 9. The van der Waals surface area contributed by atoms with Crippen LogP contribution in [-0.4, -0.2) is 83.3 Å². The first-order chi connectivity index (χ1) is 11.4. The van der Waals surface area contributed by atoms with Gasteiger partial charge in [0.2, 0.25) is 11.8 Å². The summed E-state index contributed by atoms with van der Waals surface area (Å²) in [4.78, 5) is 22.5. The first kappa shape index (κ1) is 21.1.